The second-order valence-electron chi connectivity index (χ2n) is 16.2. The van der Waals surface area contributed by atoms with Crippen LogP contribution in [0.1, 0.15) is 213 Å². The molecule has 0 rings (SSSR count). The van der Waals surface area contributed by atoms with Crippen molar-refractivity contribution in [2.24, 2.45) is 5.73 Å². The summed E-state index contributed by atoms with van der Waals surface area (Å²) in [5, 5.41) is 8.91. The average molecular weight is 868 g/mol. The van der Waals surface area contributed by atoms with E-state index in [4.69, 9.17) is 29.4 Å². The molecular formula is C49H90NO9P. The molecule has 0 radical (unpaired) electrons. The third kappa shape index (κ3) is 44.0. The molecule has 10 nitrogen and oxygen atoms in total. The van der Waals surface area contributed by atoms with Crippen LogP contribution in [0.15, 0.2) is 48.6 Å². The van der Waals surface area contributed by atoms with Gasteiger partial charge in [0.25, 0.3) is 0 Å². The molecule has 4 N–H and O–H groups in total. The smallest absolute Gasteiger partial charge is 0.472 e. The average Bonchev–Trinajstić information content (AvgIpc) is 3.23. The van der Waals surface area contributed by atoms with Crippen LogP contribution in [-0.4, -0.2) is 60.5 Å². The molecule has 0 amide bonds. The summed E-state index contributed by atoms with van der Waals surface area (Å²) in [5.74, 6) is -1.78. The quantitative estimate of drug-likeness (QED) is 0.0233. The van der Waals surface area contributed by atoms with Crippen molar-refractivity contribution in [1.29, 1.82) is 0 Å². The maximum atomic E-state index is 12.7. The molecule has 0 aromatic carbocycles. The van der Waals surface area contributed by atoms with Gasteiger partial charge in [0.05, 0.1) is 19.8 Å². The van der Waals surface area contributed by atoms with E-state index in [9.17, 15) is 19.0 Å². The summed E-state index contributed by atoms with van der Waals surface area (Å²) in [7, 11) is -4.62. The van der Waals surface area contributed by atoms with Gasteiger partial charge < -0.3 is 25.2 Å². The van der Waals surface area contributed by atoms with Crippen LogP contribution in [-0.2, 0) is 32.7 Å². The monoisotopic (exact) mass is 868 g/mol. The number of carbonyl (C=O) groups is 2. The molecular weight excluding hydrogens is 778 g/mol. The van der Waals surface area contributed by atoms with E-state index in [2.05, 4.69) is 62.5 Å². The van der Waals surface area contributed by atoms with Gasteiger partial charge in [-0.05, 0) is 51.4 Å². The number of carboxylic acid groups (broad SMARTS) is 1. The Kier molecular flexibility index (Phi) is 43.4. The number of hydrogen-bond acceptors (Lipinski definition) is 8. The van der Waals surface area contributed by atoms with E-state index in [1.807, 2.05) is 0 Å². The van der Waals surface area contributed by atoms with Gasteiger partial charge in [-0.3, -0.25) is 18.6 Å². The van der Waals surface area contributed by atoms with Crippen LogP contribution in [0.5, 0.6) is 0 Å². The molecule has 3 unspecified atom stereocenters. The van der Waals surface area contributed by atoms with Crippen LogP contribution in [0.4, 0.5) is 0 Å². The Morgan fingerprint density at radius 1 is 0.550 bits per heavy atom. The number of allylic oxidation sites excluding steroid dienone is 8. The van der Waals surface area contributed by atoms with Crippen molar-refractivity contribution in [3.63, 3.8) is 0 Å². The minimum Gasteiger partial charge on any atom is -0.480 e. The van der Waals surface area contributed by atoms with Gasteiger partial charge in [-0.25, -0.2) is 4.57 Å². The first-order valence-corrected chi connectivity index (χ1v) is 25.7. The predicted octanol–water partition coefficient (Wildman–Crippen LogP) is 13.8. The molecule has 0 aromatic rings. The van der Waals surface area contributed by atoms with Crippen LogP contribution in [0.2, 0.25) is 0 Å². The molecule has 0 fully saturated rings. The summed E-state index contributed by atoms with van der Waals surface area (Å²) in [6.45, 7) is 3.79. The SMILES string of the molecule is CC/C=C\C/C=C\C/C=C\C/C=C\CCCCCCCCCCCCC(=O)OC(COCCCCCCCCCCCCCCCCC)COP(=O)(O)OCC(N)C(=O)O. The van der Waals surface area contributed by atoms with Crippen molar-refractivity contribution in [1.82, 2.24) is 0 Å². The van der Waals surface area contributed by atoms with Crippen molar-refractivity contribution in [3.05, 3.63) is 48.6 Å². The summed E-state index contributed by atoms with van der Waals surface area (Å²) in [6.07, 6.45) is 53.0. The normalized spacial score (nSPS) is 14.2. The Hall–Kier alpha value is -2.07. The summed E-state index contributed by atoms with van der Waals surface area (Å²) in [5.41, 5.74) is 5.37. The third-order valence-corrected chi connectivity index (χ3v) is 11.3. The molecule has 60 heavy (non-hydrogen) atoms. The van der Waals surface area contributed by atoms with Gasteiger partial charge in [0.1, 0.15) is 12.1 Å². The summed E-state index contributed by atoms with van der Waals surface area (Å²) in [6, 6.07) is -1.47. The standard InChI is InChI=1S/C49H90NO9P/c1-3-5-7-9-11-13-15-17-19-20-21-22-23-24-25-26-27-29-31-33-35-37-39-41-48(51)59-46(44-57-60(54,55)58-45-47(50)49(52)53)43-56-42-40-38-36-34-32-30-28-18-16-14-12-10-8-6-4-2/h5,7,11,13,17,19,21-22,46-47H,3-4,6,8-10,12,14-16,18,20,23-45,50H2,1-2H3,(H,52,53)(H,54,55)/b7-5-,13-11-,19-17-,22-21-. The maximum absolute atomic E-state index is 12.7. The van der Waals surface area contributed by atoms with Gasteiger partial charge in [0.2, 0.25) is 0 Å². The number of hydrogen-bond donors (Lipinski definition) is 3. The zero-order valence-electron chi connectivity index (χ0n) is 38.3. The first-order chi connectivity index (χ1) is 29.2. The molecule has 0 saturated heterocycles. The summed E-state index contributed by atoms with van der Waals surface area (Å²) >= 11 is 0. The van der Waals surface area contributed by atoms with Crippen LogP contribution >= 0.6 is 7.82 Å². The lowest BCUT2D eigenvalue weighted by Gasteiger charge is -2.20. The number of aliphatic carboxylic acids is 1. The van der Waals surface area contributed by atoms with Crippen molar-refractivity contribution in [3.8, 4) is 0 Å². The fraction of sp³-hybridized carbons (Fsp3) is 0.796. The Morgan fingerprint density at radius 3 is 1.45 bits per heavy atom. The lowest BCUT2D eigenvalue weighted by atomic mass is 10.0. The van der Waals surface area contributed by atoms with E-state index in [1.54, 1.807) is 0 Å². The second-order valence-corrected chi connectivity index (χ2v) is 17.7. The molecule has 0 aliphatic rings. The molecule has 0 bridgehead atoms. The number of carboxylic acids is 1. The molecule has 0 saturated carbocycles. The van der Waals surface area contributed by atoms with Crippen LogP contribution in [0, 0.1) is 0 Å². The molecule has 3 atom stereocenters. The van der Waals surface area contributed by atoms with E-state index in [0.29, 0.717) is 13.0 Å². The molecule has 0 heterocycles. The van der Waals surface area contributed by atoms with Gasteiger partial charge in [-0.2, -0.15) is 0 Å². The minimum atomic E-state index is -4.62. The molecule has 350 valence electrons. The van der Waals surface area contributed by atoms with Crippen LogP contribution in [0.25, 0.3) is 0 Å². The number of phosphoric acid groups is 1. The predicted molar refractivity (Wildman–Crippen MR) is 249 cm³/mol. The number of ether oxygens (including phenoxy) is 2. The Balaban J connectivity index is 4.15. The van der Waals surface area contributed by atoms with E-state index in [-0.39, 0.29) is 13.0 Å². The highest BCUT2D eigenvalue weighted by Crippen LogP contribution is 2.43. The molecule has 0 aromatic heterocycles. The number of rotatable bonds is 46. The highest BCUT2D eigenvalue weighted by Gasteiger charge is 2.27. The fourth-order valence-corrected chi connectivity index (χ4v) is 7.43. The summed E-state index contributed by atoms with van der Waals surface area (Å²) < 4.78 is 33.4. The maximum Gasteiger partial charge on any atom is 0.472 e. The molecule has 0 aliphatic carbocycles. The van der Waals surface area contributed by atoms with Gasteiger partial charge >= 0.3 is 19.8 Å². The van der Waals surface area contributed by atoms with E-state index in [0.717, 1.165) is 70.6 Å². The second kappa shape index (κ2) is 45.0. The van der Waals surface area contributed by atoms with Crippen molar-refractivity contribution >= 4 is 19.8 Å². The molecule has 0 spiro atoms. The molecule has 0 aliphatic heterocycles. The highest BCUT2D eigenvalue weighted by molar-refractivity contribution is 7.47. The van der Waals surface area contributed by atoms with Crippen molar-refractivity contribution in [2.75, 3.05) is 26.4 Å². The third-order valence-electron chi connectivity index (χ3n) is 10.4. The van der Waals surface area contributed by atoms with E-state index < -0.39 is 45.1 Å². The van der Waals surface area contributed by atoms with Gasteiger partial charge in [0, 0.05) is 13.0 Å². The highest BCUT2D eigenvalue weighted by atomic mass is 31.2. The first kappa shape index (κ1) is 57.9. The lowest BCUT2D eigenvalue weighted by Crippen LogP contribution is -2.34. The van der Waals surface area contributed by atoms with Crippen molar-refractivity contribution in [2.45, 2.75) is 225 Å². The van der Waals surface area contributed by atoms with E-state index in [1.165, 1.54) is 116 Å². The molecule has 11 heteroatoms. The number of nitrogens with two attached hydrogens (primary N) is 1. The van der Waals surface area contributed by atoms with Crippen LogP contribution in [0.3, 0.4) is 0 Å². The van der Waals surface area contributed by atoms with Crippen LogP contribution < -0.4 is 5.73 Å². The van der Waals surface area contributed by atoms with E-state index >= 15 is 0 Å². The fourth-order valence-electron chi connectivity index (χ4n) is 6.65. The summed E-state index contributed by atoms with van der Waals surface area (Å²) in [4.78, 5) is 33.6. The first-order valence-electron chi connectivity index (χ1n) is 24.2. The Labute approximate surface area is 367 Å². The number of esters is 1. The number of carbonyl (C=O) groups excluding carboxylic acids is 1. The number of phosphoric ester groups is 1. The zero-order valence-corrected chi connectivity index (χ0v) is 39.2. The van der Waals surface area contributed by atoms with Gasteiger partial charge in [0.15, 0.2) is 0 Å². The Bertz CT molecular complexity index is 1140. The lowest BCUT2D eigenvalue weighted by molar-refractivity contribution is -0.154. The Morgan fingerprint density at radius 2 is 0.967 bits per heavy atom. The largest absolute Gasteiger partial charge is 0.480 e. The van der Waals surface area contributed by atoms with Gasteiger partial charge in [-0.1, -0.05) is 204 Å². The van der Waals surface area contributed by atoms with Gasteiger partial charge in [-0.15, -0.1) is 0 Å². The minimum absolute atomic E-state index is 0.0173. The zero-order chi connectivity index (χ0) is 44.0. The van der Waals surface area contributed by atoms with Crippen molar-refractivity contribution < 1.29 is 42.7 Å². The number of unbranched alkanes of at least 4 members (excludes halogenated alkanes) is 24. The topological polar surface area (TPSA) is 155 Å².